The molecule has 17 heavy (non-hydrogen) atoms. The Morgan fingerprint density at radius 2 is 2.24 bits per heavy atom. The van der Waals surface area contributed by atoms with Gasteiger partial charge in [-0.25, -0.2) is 0 Å². The third kappa shape index (κ3) is 2.66. The molecule has 96 valence electrons. The van der Waals surface area contributed by atoms with Crippen molar-refractivity contribution in [2.75, 3.05) is 6.54 Å². The second-order valence-corrected chi connectivity index (χ2v) is 5.59. The lowest BCUT2D eigenvalue weighted by Crippen LogP contribution is -2.34. The van der Waals surface area contributed by atoms with Crippen LogP contribution in [-0.4, -0.2) is 22.4 Å². The average molecular weight is 256 g/mol. The zero-order chi connectivity index (χ0) is 12.6. The van der Waals surface area contributed by atoms with E-state index in [0.717, 1.165) is 41.2 Å². The highest BCUT2D eigenvalue weighted by Crippen LogP contribution is 2.41. The standard InChI is InChI=1S/C13H22ClN3/c1-5-15-11(10-6-8(10)2)7-12-13(14)9(3)16-17(12)4/h8,10-11,15H,5-7H2,1-4H3. The van der Waals surface area contributed by atoms with Crippen molar-refractivity contribution < 1.29 is 0 Å². The number of hydrogen-bond donors (Lipinski definition) is 1. The Balaban J connectivity index is 2.11. The number of rotatable bonds is 5. The Morgan fingerprint density at radius 1 is 1.59 bits per heavy atom. The molecule has 1 aromatic rings. The molecule has 0 aromatic carbocycles. The van der Waals surface area contributed by atoms with Crippen LogP contribution in [0.4, 0.5) is 0 Å². The van der Waals surface area contributed by atoms with Gasteiger partial charge < -0.3 is 5.32 Å². The lowest BCUT2D eigenvalue weighted by molar-refractivity contribution is 0.444. The van der Waals surface area contributed by atoms with Gasteiger partial charge in [0.2, 0.25) is 0 Å². The first-order valence-corrected chi connectivity index (χ1v) is 6.83. The van der Waals surface area contributed by atoms with E-state index >= 15 is 0 Å². The number of hydrogen-bond acceptors (Lipinski definition) is 2. The van der Waals surface area contributed by atoms with Crippen LogP contribution >= 0.6 is 11.6 Å². The third-order valence-electron chi connectivity index (χ3n) is 3.83. The van der Waals surface area contributed by atoms with E-state index in [1.54, 1.807) is 0 Å². The van der Waals surface area contributed by atoms with E-state index in [1.807, 2.05) is 18.7 Å². The van der Waals surface area contributed by atoms with Crippen molar-refractivity contribution in [3.8, 4) is 0 Å². The second-order valence-electron chi connectivity index (χ2n) is 5.21. The van der Waals surface area contributed by atoms with Gasteiger partial charge in [-0.1, -0.05) is 25.4 Å². The molecule has 1 heterocycles. The van der Waals surface area contributed by atoms with Crippen molar-refractivity contribution >= 4 is 11.6 Å². The number of nitrogens with zero attached hydrogens (tertiary/aromatic N) is 2. The molecule has 0 amide bonds. The number of aromatic nitrogens is 2. The summed E-state index contributed by atoms with van der Waals surface area (Å²) in [5, 5.41) is 8.80. The molecule has 0 saturated heterocycles. The first-order chi connectivity index (χ1) is 8.04. The minimum absolute atomic E-state index is 0.544. The second kappa shape index (κ2) is 4.99. The van der Waals surface area contributed by atoms with Crippen LogP contribution in [0.1, 0.15) is 31.7 Å². The van der Waals surface area contributed by atoms with E-state index in [-0.39, 0.29) is 0 Å². The molecule has 0 radical (unpaired) electrons. The Morgan fingerprint density at radius 3 is 2.65 bits per heavy atom. The molecular formula is C13H22ClN3. The molecule has 1 aromatic heterocycles. The first kappa shape index (κ1) is 12.9. The van der Waals surface area contributed by atoms with E-state index in [2.05, 4.69) is 24.3 Å². The zero-order valence-electron chi connectivity index (χ0n) is 11.1. The smallest absolute Gasteiger partial charge is 0.0847 e. The van der Waals surface area contributed by atoms with E-state index in [1.165, 1.54) is 6.42 Å². The zero-order valence-corrected chi connectivity index (χ0v) is 11.9. The number of aryl methyl sites for hydroxylation is 2. The summed E-state index contributed by atoms with van der Waals surface area (Å²) < 4.78 is 1.93. The van der Waals surface area contributed by atoms with Gasteiger partial charge in [0.15, 0.2) is 0 Å². The molecule has 1 fully saturated rings. The molecule has 3 nitrogen and oxygen atoms in total. The molecule has 3 unspecified atom stereocenters. The summed E-state index contributed by atoms with van der Waals surface area (Å²) in [5.74, 6) is 1.66. The average Bonchev–Trinajstić information content (AvgIpc) is 2.94. The lowest BCUT2D eigenvalue weighted by atomic mass is 10.0. The SMILES string of the molecule is CCNC(Cc1c(Cl)c(C)nn1C)C1CC1C. The summed E-state index contributed by atoms with van der Waals surface area (Å²) >= 11 is 6.31. The fourth-order valence-electron chi connectivity index (χ4n) is 2.66. The van der Waals surface area contributed by atoms with Crippen LogP contribution in [-0.2, 0) is 13.5 Å². The van der Waals surface area contributed by atoms with Crippen LogP contribution in [0.25, 0.3) is 0 Å². The van der Waals surface area contributed by atoms with Gasteiger partial charge >= 0.3 is 0 Å². The minimum atomic E-state index is 0.544. The molecule has 1 saturated carbocycles. The van der Waals surface area contributed by atoms with Gasteiger partial charge in [0.05, 0.1) is 16.4 Å². The maximum atomic E-state index is 6.31. The summed E-state index contributed by atoms with van der Waals surface area (Å²) in [6.07, 6.45) is 2.32. The summed E-state index contributed by atoms with van der Waals surface area (Å²) in [6.45, 7) is 7.47. The van der Waals surface area contributed by atoms with Crippen LogP contribution in [0.15, 0.2) is 0 Å². The molecular weight excluding hydrogens is 234 g/mol. The third-order valence-corrected chi connectivity index (χ3v) is 4.32. The summed E-state index contributed by atoms with van der Waals surface area (Å²) in [5.41, 5.74) is 2.09. The Bertz CT molecular complexity index is 400. The summed E-state index contributed by atoms with van der Waals surface area (Å²) in [7, 11) is 1.98. The Labute approximate surface area is 109 Å². The molecule has 0 aliphatic heterocycles. The van der Waals surface area contributed by atoms with Gasteiger partial charge in [0.1, 0.15) is 0 Å². The van der Waals surface area contributed by atoms with Gasteiger partial charge in [-0.15, -0.1) is 0 Å². The van der Waals surface area contributed by atoms with E-state index in [4.69, 9.17) is 11.6 Å². The lowest BCUT2D eigenvalue weighted by Gasteiger charge is -2.18. The van der Waals surface area contributed by atoms with Crippen LogP contribution in [0, 0.1) is 18.8 Å². The van der Waals surface area contributed by atoms with Crippen molar-refractivity contribution in [2.45, 2.75) is 39.7 Å². The highest BCUT2D eigenvalue weighted by atomic mass is 35.5. The molecule has 2 rings (SSSR count). The van der Waals surface area contributed by atoms with Crippen molar-refractivity contribution in [3.63, 3.8) is 0 Å². The van der Waals surface area contributed by atoms with Gasteiger partial charge in [-0.3, -0.25) is 4.68 Å². The predicted octanol–water partition coefficient (Wildman–Crippen LogP) is 2.56. The first-order valence-electron chi connectivity index (χ1n) is 6.46. The van der Waals surface area contributed by atoms with Crippen LogP contribution in [0.2, 0.25) is 5.02 Å². The van der Waals surface area contributed by atoms with Crippen LogP contribution in [0.3, 0.4) is 0 Å². The molecule has 1 aliphatic rings. The molecule has 3 atom stereocenters. The largest absolute Gasteiger partial charge is 0.314 e. The molecule has 4 heteroatoms. The number of halogens is 1. The van der Waals surface area contributed by atoms with E-state index in [9.17, 15) is 0 Å². The number of nitrogens with one attached hydrogen (secondary N) is 1. The monoisotopic (exact) mass is 255 g/mol. The molecule has 0 bridgehead atoms. The molecule has 0 spiro atoms. The Kier molecular flexibility index (Phi) is 3.79. The minimum Gasteiger partial charge on any atom is -0.314 e. The fraction of sp³-hybridized carbons (Fsp3) is 0.769. The van der Waals surface area contributed by atoms with E-state index in [0.29, 0.717) is 6.04 Å². The molecule has 1 aliphatic carbocycles. The summed E-state index contributed by atoms with van der Waals surface area (Å²) in [6, 6.07) is 0.544. The van der Waals surface area contributed by atoms with Crippen molar-refractivity contribution in [2.24, 2.45) is 18.9 Å². The topological polar surface area (TPSA) is 29.9 Å². The summed E-state index contributed by atoms with van der Waals surface area (Å²) in [4.78, 5) is 0. The quantitative estimate of drug-likeness (QED) is 0.877. The Hall–Kier alpha value is -0.540. The van der Waals surface area contributed by atoms with Gasteiger partial charge in [-0.2, -0.15) is 5.10 Å². The maximum absolute atomic E-state index is 6.31. The molecule has 1 N–H and O–H groups in total. The van der Waals surface area contributed by atoms with Crippen molar-refractivity contribution in [1.82, 2.24) is 15.1 Å². The van der Waals surface area contributed by atoms with Crippen LogP contribution in [0.5, 0.6) is 0 Å². The van der Waals surface area contributed by atoms with Gasteiger partial charge in [-0.05, 0) is 31.7 Å². The van der Waals surface area contributed by atoms with Gasteiger partial charge in [0.25, 0.3) is 0 Å². The maximum Gasteiger partial charge on any atom is 0.0847 e. The highest BCUT2D eigenvalue weighted by Gasteiger charge is 2.39. The van der Waals surface area contributed by atoms with Crippen LogP contribution < -0.4 is 5.32 Å². The highest BCUT2D eigenvalue weighted by molar-refractivity contribution is 6.31. The van der Waals surface area contributed by atoms with Crippen molar-refractivity contribution in [1.29, 1.82) is 0 Å². The van der Waals surface area contributed by atoms with Crippen molar-refractivity contribution in [3.05, 3.63) is 16.4 Å². The van der Waals surface area contributed by atoms with Gasteiger partial charge in [0, 0.05) is 19.5 Å². The van der Waals surface area contributed by atoms with E-state index < -0.39 is 0 Å². The fourth-order valence-corrected chi connectivity index (χ4v) is 2.90. The predicted molar refractivity (Wildman–Crippen MR) is 71.4 cm³/mol. The normalized spacial score (nSPS) is 25.0. The number of likely N-dealkylation sites (N-methyl/N-ethyl adjacent to an activating group) is 1.